The zero-order chi connectivity index (χ0) is 13.9. The highest BCUT2D eigenvalue weighted by atomic mass is 35.5. The van der Waals surface area contributed by atoms with E-state index in [1.165, 1.54) is 5.56 Å². The summed E-state index contributed by atoms with van der Waals surface area (Å²) in [4.78, 5) is 8.94. The Hall–Kier alpha value is -1.71. The van der Waals surface area contributed by atoms with E-state index in [0.29, 0.717) is 0 Å². The second kappa shape index (κ2) is 5.73. The van der Waals surface area contributed by atoms with Crippen LogP contribution in [-0.4, -0.2) is 9.97 Å². The van der Waals surface area contributed by atoms with Crippen LogP contribution in [0.4, 0.5) is 0 Å². The number of halogens is 1. The topological polar surface area (TPSA) is 25.8 Å². The first-order valence-corrected chi connectivity index (χ1v) is 7.68. The van der Waals surface area contributed by atoms with Crippen molar-refractivity contribution in [3.05, 3.63) is 58.7 Å². The molecule has 0 spiro atoms. The number of hydrogen-bond donors (Lipinski definition) is 0. The van der Waals surface area contributed by atoms with Gasteiger partial charge in [0.15, 0.2) is 0 Å². The normalized spacial score (nSPS) is 10.7. The first kappa shape index (κ1) is 13.3. The number of thiazole rings is 1. The van der Waals surface area contributed by atoms with Crippen molar-refractivity contribution < 1.29 is 0 Å². The van der Waals surface area contributed by atoms with Crippen LogP contribution in [0.15, 0.2) is 48.1 Å². The van der Waals surface area contributed by atoms with E-state index < -0.39 is 0 Å². The Labute approximate surface area is 127 Å². The number of aryl methyl sites for hydroxylation is 1. The Morgan fingerprint density at radius 3 is 2.70 bits per heavy atom. The molecule has 2 aromatic heterocycles. The fraction of sp³-hybridized carbons (Fsp3) is 0.125. The van der Waals surface area contributed by atoms with Gasteiger partial charge >= 0.3 is 0 Å². The first-order chi connectivity index (χ1) is 9.78. The fourth-order valence-corrected chi connectivity index (χ4v) is 3.07. The lowest BCUT2D eigenvalue weighted by Crippen LogP contribution is -1.88. The van der Waals surface area contributed by atoms with Gasteiger partial charge in [0, 0.05) is 33.9 Å². The van der Waals surface area contributed by atoms with Crippen molar-refractivity contribution in [3.63, 3.8) is 0 Å². The van der Waals surface area contributed by atoms with E-state index >= 15 is 0 Å². The van der Waals surface area contributed by atoms with Gasteiger partial charge in [0.25, 0.3) is 0 Å². The van der Waals surface area contributed by atoms with E-state index in [2.05, 4.69) is 23.4 Å². The van der Waals surface area contributed by atoms with Gasteiger partial charge in [0.2, 0.25) is 0 Å². The average Bonchev–Trinajstić information content (AvgIpc) is 2.97. The predicted molar refractivity (Wildman–Crippen MR) is 85.2 cm³/mol. The lowest BCUT2D eigenvalue weighted by atomic mass is 10.1. The highest BCUT2D eigenvalue weighted by molar-refractivity contribution is 7.13. The van der Waals surface area contributed by atoms with Gasteiger partial charge in [0.1, 0.15) is 5.01 Å². The van der Waals surface area contributed by atoms with Gasteiger partial charge in [-0.25, -0.2) is 4.98 Å². The Kier molecular flexibility index (Phi) is 3.81. The van der Waals surface area contributed by atoms with Crippen molar-refractivity contribution in [2.24, 2.45) is 0 Å². The van der Waals surface area contributed by atoms with Crippen molar-refractivity contribution in [2.45, 2.75) is 13.3 Å². The number of pyridine rings is 1. The molecule has 0 atom stereocenters. The highest BCUT2D eigenvalue weighted by Gasteiger charge is 2.09. The molecule has 0 aliphatic carbocycles. The van der Waals surface area contributed by atoms with Crippen molar-refractivity contribution in [3.8, 4) is 21.8 Å². The second-order valence-corrected chi connectivity index (χ2v) is 5.73. The molecule has 4 heteroatoms. The SMILES string of the molecule is CCc1ccncc1-c1nc(-c2ccc(Cl)cc2)cs1. The van der Waals surface area contributed by atoms with Crippen LogP contribution in [0.5, 0.6) is 0 Å². The minimum absolute atomic E-state index is 0.740. The summed E-state index contributed by atoms with van der Waals surface area (Å²) in [5.41, 5.74) is 4.46. The van der Waals surface area contributed by atoms with Gasteiger partial charge in [-0.1, -0.05) is 30.7 Å². The Bertz CT molecular complexity index is 719. The molecule has 0 unspecified atom stereocenters. The summed E-state index contributed by atoms with van der Waals surface area (Å²) in [6.07, 6.45) is 4.70. The number of benzene rings is 1. The molecule has 0 fully saturated rings. The smallest absolute Gasteiger partial charge is 0.125 e. The molecule has 0 aliphatic rings. The van der Waals surface area contributed by atoms with Crippen LogP contribution in [0.2, 0.25) is 5.02 Å². The van der Waals surface area contributed by atoms with Crippen molar-refractivity contribution >= 4 is 22.9 Å². The van der Waals surface area contributed by atoms with E-state index in [0.717, 1.165) is 33.3 Å². The third-order valence-corrected chi connectivity index (χ3v) is 4.29. The molecule has 0 aliphatic heterocycles. The number of aromatic nitrogens is 2. The van der Waals surface area contributed by atoms with Crippen LogP contribution >= 0.6 is 22.9 Å². The zero-order valence-corrected chi connectivity index (χ0v) is 12.6. The summed E-state index contributed by atoms with van der Waals surface area (Å²) in [7, 11) is 0. The quantitative estimate of drug-likeness (QED) is 0.673. The fourth-order valence-electron chi connectivity index (χ4n) is 2.07. The average molecular weight is 301 g/mol. The first-order valence-electron chi connectivity index (χ1n) is 6.42. The summed E-state index contributed by atoms with van der Waals surface area (Å²) >= 11 is 7.56. The molecular weight excluding hydrogens is 288 g/mol. The Morgan fingerprint density at radius 2 is 1.95 bits per heavy atom. The van der Waals surface area contributed by atoms with E-state index in [9.17, 15) is 0 Å². The molecule has 20 heavy (non-hydrogen) atoms. The van der Waals surface area contributed by atoms with Crippen molar-refractivity contribution in [2.75, 3.05) is 0 Å². The van der Waals surface area contributed by atoms with Gasteiger partial charge in [-0.05, 0) is 30.2 Å². The Morgan fingerprint density at radius 1 is 1.15 bits per heavy atom. The molecule has 0 N–H and O–H groups in total. The molecule has 0 amide bonds. The molecule has 2 nitrogen and oxygen atoms in total. The van der Waals surface area contributed by atoms with Crippen LogP contribution in [0.1, 0.15) is 12.5 Å². The summed E-state index contributed by atoms with van der Waals surface area (Å²) < 4.78 is 0. The Balaban J connectivity index is 2.00. The molecule has 3 rings (SSSR count). The molecule has 0 bridgehead atoms. The predicted octanol–water partition coefficient (Wildman–Crippen LogP) is 5.09. The number of rotatable bonds is 3. The third-order valence-electron chi connectivity index (χ3n) is 3.17. The molecule has 0 saturated heterocycles. The minimum Gasteiger partial charge on any atom is -0.264 e. The summed E-state index contributed by atoms with van der Waals surface area (Å²) in [5.74, 6) is 0. The van der Waals surface area contributed by atoms with Crippen LogP contribution in [0, 0.1) is 0 Å². The highest BCUT2D eigenvalue weighted by Crippen LogP contribution is 2.31. The number of hydrogen-bond acceptors (Lipinski definition) is 3. The van der Waals surface area contributed by atoms with Gasteiger partial charge in [-0.15, -0.1) is 11.3 Å². The van der Waals surface area contributed by atoms with Crippen LogP contribution in [0.25, 0.3) is 21.8 Å². The zero-order valence-electron chi connectivity index (χ0n) is 11.0. The van der Waals surface area contributed by atoms with Gasteiger partial charge < -0.3 is 0 Å². The third kappa shape index (κ3) is 2.60. The second-order valence-electron chi connectivity index (χ2n) is 4.43. The molecular formula is C16H13ClN2S. The lowest BCUT2D eigenvalue weighted by Gasteiger charge is -2.02. The van der Waals surface area contributed by atoms with Gasteiger partial charge in [0.05, 0.1) is 5.69 Å². The molecule has 0 radical (unpaired) electrons. The lowest BCUT2D eigenvalue weighted by molar-refractivity contribution is 1.12. The molecule has 2 heterocycles. The van der Waals surface area contributed by atoms with Crippen LogP contribution in [0.3, 0.4) is 0 Å². The largest absolute Gasteiger partial charge is 0.264 e. The monoisotopic (exact) mass is 300 g/mol. The van der Waals surface area contributed by atoms with Crippen molar-refractivity contribution in [1.29, 1.82) is 0 Å². The summed E-state index contributed by atoms with van der Waals surface area (Å²) in [6.45, 7) is 2.15. The molecule has 0 saturated carbocycles. The van der Waals surface area contributed by atoms with E-state index in [-0.39, 0.29) is 0 Å². The molecule has 3 aromatic rings. The summed E-state index contributed by atoms with van der Waals surface area (Å²) in [5, 5.41) is 3.83. The maximum absolute atomic E-state index is 5.91. The molecule has 100 valence electrons. The maximum Gasteiger partial charge on any atom is 0.125 e. The van der Waals surface area contributed by atoms with Crippen molar-refractivity contribution in [1.82, 2.24) is 9.97 Å². The van der Waals surface area contributed by atoms with E-state index in [1.54, 1.807) is 11.3 Å². The van der Waals surface area contributed by atoms with E-state index in [1.807, 2.05) is 36.7 Å². The van der Waals surface area contributed by atoms with Gasteiger partial charge in [-0.3, -0.25) is 4.98 Å². The van der Waals surface area contributed by atoms with Gasteiger partial charge in [-0.2, -0.15) is 0 Å². The van der Waals surface area contributed by atoms with Crippen LogP contribution < -0.4 is 0 Å². The standard InChI is InChI=1S/C16H13ClN2S/c1-2-11-7-8-18-9-14(11)16-19-15(10-20-16)12-3-5-13(17)6-4-12/h3-10H,2H2,1H3. The van der Waals surface area contributed by atoms with Crippen LogP contribution in [-0.2, 0) is 6.42 Å². The minimum atomic E-state index is 0.740. The molecule has 1 aromatic carbocycles. The maximum atomic E-state index is 5.91. The summed E-state index contributed by atoms with van der Waals surface area (Å²) in [6, 6.07) is 9.81. The number of nitrogens with zero attached hydrogens (tertiary/aromatic N) is 2. The van der Waals surface area contributed by atoms with E-state index in [4.69, 9.17) is 16.6 Å².